The van der Waals surface area contributed by atoms with E-state index in [4.69, 9.17) is 16.3 Å². The summed E-state index contributed by atoms with van der Waals surface area (Å²) in [5, 5.41) is 9.76. The van der Waals surface area contributed by atoms with Gasteiger partial charge in [-0.05, 0) is 49.4 Å². The van der Waals surface area contributed by atoms with Crippen LogP contribution in [0.5, 0.6) is 0 Å². The summed E-state index contributed by atoms with van der Waals surface area (Å²) in [6, 6.07) is 7.69. The van der Waals surface area contributed by atoms with Crippen LogP contribution in [0.2, 0.25) is 5.02 Å². The van der Waals surface area contributed by atoms with Gasteiger partial charge in [-0.15, -0.1) is 0 Å². The van der Waals surface area contributed by atoms with Crippen LogP contribution in [0.4, 0.5) is 9.59 Å². The van der Waals surface area contributed by atoms with Gasteiger partial charge in [0.2, 0.25) is 0 Å². The first-order chi connectivity index (χ1) is 16.7. The molecule has 3 amide bonds. The van der Waals surface area contributed by atoms with Crippen LogP contribution in [0.3, 0.4) is 0 Å². The highest BCUT2D eigenvalue weighted by atomic mass is 35.5. The van der Waals surface area contributed by atoms with E-state index in [1.54, 1.807) is 0 Å². The van der Waals surface area contributed by atoms with Gasteiger partial charge in [-0.3, -0.25) is 0 Å². The number of carbonyl (C=O) groups excluding carboxylic acids is 2. The predicted molar refractivity (Wildman–Crippen MR) is 140 cm³/mol. The van der Waals surface area contributed by atoms with Crippen LogP contribution in [-0.4, -0.2) is 70.0 Å². The zero-order valence-corrected chi connectivity index (χ0v) is 22.6. The fraction of sp³-hybridized carbons (Fsp3) is 0.692. The molecule has 1 heterocycles. The Labute approximate surface area is 215 Å². The molecule has 0 radical (unpaired) electrons. The van der Waals surface area contributed by atoms with Gasteiger partial charge in [-0.2, -0.15) is 0 Å². The summed E-state index contributed by atoms with van der Waals surface area (Å²) in [5.74, 6) is 0.112. The molecule has 1 fully saturated rings. The molecule has 3 atom stereocenters. The number of carbonyl (C=O) groups is 2. The summed E-state index contributed by atoms with van der Waals surface area (Å²) < 4.78 is 10.9. The van der Waals surface area contributed by atoms with Crippen molar-refractivity contribution in [1.82, 2.24) is 20.9 Å². The Kier molecular flexibility index (Phi) is 12.1. The topological polar surface area (TPSA) is 91.9 Å². The van der Waals surface area contributed by atoms with Crippen molar-refractivity contribution in [3.8, 4) is 0 Å². The van der Waals surface area contributed by atoms with Crippen LogP contribution in [0.25, 0.3) is 0 Å². The third-order valence-corrected chi connectivity index (χ3v) is 6.97. The normalized spacial score (nSPS) is 18.0. The second-order valence-electron chi connectivity index (χ2n) is 10.0. The number of methoxy groups -OCH3 is 1. The molecule has 8 nitrogen and oxygen atoms in total. The number of likely N-dealkylation sites (tertiary alicyclic amines) is 1. The number of nitrogens with one attached hydrogen (secondary N) is 3. The van der Waals surface area contributed by atoms with Gasteiger partial charge in [0.1, 0.15) is 0 Å². The number of ether oxygens (including phenoxy) is 2. The lowest BCUT2D eigenvalue weighted by molar-refractivity contribution is -0.00867. The Morgan fingerprint density at radius 3 is 2.74 bits per heavy atom. The summed E-state index contributed by atoms with van der Waals surface area (Å²) >= 11 is 6.27. The summed E-state index contributed by atoms with van der Waals surface area (Å²) in [5.41, 5.74) is 1.13. The second-order valence-corrected chi connectivity index (χ2v) is 10.5. The molecule has 0 aliphatic carbocycles. The first-order valence-electron chi connectivity index (χ1n) is 12.6. The zero-order valence-electron chi connectivity index (χ0n) is 21.9. The van der Waals surface area contributed by atoms with Gasteiger partial charge in [0, 0.05) is 43.2 Å². The number of likely N-dealkylation sites (N-methyl/N-ethyl adjacent to an activating group) is 1. The van der Waals surface area contributed by atoms with E-state index in [2.05, 4.69) is 41.5 Å². The lowest BCUT2D eigenvalue weighted by Gasteiger charge is -2.38. The van der Waals surface area contributed by atoms with Crippen molar-refractivity contribution in [1.29, 1.82) is 0 Å². The molecule has 1 aromatic rings. The van der Waals surface area contributed by atoms with Gasteiger partial charge >= 0.3 is 12.1 Å². The molecule has 9 heteroatoms. The molecule has 0 unspecified atom stereocenters. The van der Waals surface area contributed by atoms with E-state index in [1.165, 1.54) is 7.11 Å². The number of halogens is 1. The molecular formula is C26H43ClN4O4. The van der Waals surface area contributed by atoms with Crippen molar-refractivity contribution < 1.29 is 19.1 Å². The minimum absolute atomic E-state index is 0.0287. The quantitative estimate of drug-likeness (QED) is 0.358. The zero-order chi connectivity index (χ0) is 25.8. The van der Waals surface area contributed by atoms with Crippen molar-refractivity contribution >= 4 is 23.7 Å². The van der Waals surface area contributed by atoms with Crippen LogP contribution in [0, 0.1) is 11.3 Å². The number of benzene rings is 1. The van der Waals surface area contributed by atoms with Crippen molar-refractivity contribution in [2.45, 2.75) is 58.6 Å². The Morgan fingerprint density at radius 2 is 2.09 bits per heavy atom. The van der Waals surface area contributed by atoms with E-state index in [9.17, 15) is 9.59 Å². The molecular weight excluding hydrogens is 468 g/mol. The third kappa shape index (κ3) is 9.86. The second kappa shape index (κ2) is 14.5. The maximum Gasteiger partial charge on any atom is 0.406 e. The van der Waals surface area contributed by atoms with E-state index in [0.29, 0.717) is 24.7 Å². The maximum atomic E-state index is 13.2. The van der Waals surface area contributed by atoms with Crippen molar-refractivity contribution in [2.75, 3.05) is 46.9 Å². The monoisotopic (exact) mass is 510 g/mol. The largest absolute Gasteiger partial charge is 0.453 e. The summed E-state index contributed by atoms with van der Waals surface area (Å²) in [7, 11) is 3.24. The number of nitrogens with zero attached hydrogens (tertiary/aromatic N) is 1. The van der Waals surface area contributed by atoms with Gasteiger partial charge in [-0.1, -0.05) is 50.9 Å². The number of piperidine rings is 1. The minimum Gasteiger partial charge on any atom is -0.453 e. The highest BCUT2D eigenvalue weighted by molar-refractivity contribution is 6.30. The fourth-order valence-electron chi connectivity index (χ4n) is 4.54. The smallest absolute Gasteiger partial charge is 0.406 e. The lowest BCUT2D eigenvalue weighted by atomic mass is 9.83. The number of alkyl carbamates (subject to hydrolysis) is 1. The molecule has 1 aromatic carbocycles. The molecule has 1 aliphatic rings. The molecule has 0 spiro atoms. The average Bonchev–Trinajstić information content (AvgIpc) is 2.83. The minimum atomic E-state index is -0.490. The standard InChI is InChI=1S/C26H43ClN4O4/c1-6-26(2,3)16-22(17-28-4)30-24(32)31-13-8-10-20(18-31)23(19-9-7-11-21(27)15-19)35-14-12-29-25(33)34-5/h7,9,11,15,20,22-23,28H,6,8,10,12-14,16-18H2,1-5H3,(H,29,33)(H,30,32)/t20-,22+,23+/m1/s1. The SMILES string of the molecule is CCC(C)(C)C[C@@H](CNC)NC(=O)N1CCC[C@@H]([C@@H](OCCNC(=O)OC)c2cccc(Cl)c2)C1. The van der Waals surface area contributed by atoms with E-state index in [0.717, 1.165) is 44.3 Å². The van der Waals surface area contributed by atoms with E-state index >= 15 is 0 Å². The molecule has 198 valence electrons. The molecule has 1 aliphatic heterocycles. The lowest BCUT2D eigenvalue weighted by Crippen LogP contribution is -2.52. The Bertz CT molecular complexity index is 807. The molecule has 2 rings (SSSR count). The number of hydrogen-bond donors (Lipinski definition) is 3. The van der Waals surface area contributed by atoms with Gasteiger partial charge in [0.05, 0.1) is 19.8 Å². The van der Waals surface area contributed by atoms with Crippen molar-refractivity contribution in [2.24, 2.45) is 11.3 Å². The van der Waals surface area contributed by atoms with Gasteiger partial charge < -0.3 is 30.3 Å². The van der Waals surface area contributed by atoms with Crippen molar-refractivity contribution in [3.63, 3.8) is 0 Å². The number of hydrogen-bond acceptors (Lipinski definition) is 5. The van der Waals surface area contributed by atoms with Crippen LogP contribution >= 0.6 is 11.6 Å². The maximum absolute atomic E-state index is 13.2. The summed E-state index contributed by atoms with van der Waals surface area (Å²) in [4.78, 5) is 26.5. The number of rotatable bonds is 12. The molecule has 1 saturated heterocycles. The first-order valence-corrected chi connectivity index (χ1v) is 13.0. The molecule has 0 saturated carbocycles. The number of amides is 3. The Hall–Kier alpha value is -2.03. The third-order valence-electron chi connectivity index (χ3n) is 6.74. The fourth-order valence-corrected chi connectivity index (χ4v) is 4.74. The molecule has 0 bridgehead atoms. The average molecular weight is 511 g/mol. The number of urea groups is 1. The molecule has 3 N–H and O–H groups in total. The van der Waals surface area contributed by atoms with E-state index in [-0.39, 0.29) is 29.5 Å². The van der Waals surface area contributed by atoms with Crippen LogP contribution < -0.4 is 16.0 Å². The van der Waals surface area contributed by atoms with Crippen molar-refractivity contribution in [3.05, 3.63) is 34.9 Å². The highest BCUT2D eigenvalue weighted by Crippen LogP contribution is 2.34. The first kappa shape index (κ1) is 29.2. The highest BCUT2D eigenvalue weighted by Gasteiger charge is 2.32. The van der Waals surface area contributed by atoms with Crippen LogP contribution in [0.15, 0.2) is 24.3 Å². The Morgan fingerprint density at radius 1 is 1.31 bits per heavy atom. The molecule has 35 heavy (non-hydrogen) atoms. The van der Waals surface area contributed by atoms with Crippen LogP contribution in [-0.2, 0) is 9.47 Å². The molecule has 0 aromatic heterocycles. The predicted octanol–water partition coefficient (Wildman–Crippen LogP) is 4.59. The van der Waals surface area contributed by atoms with Crippen LogP contribution in [0.1, 0.15) is 58.1 Å². The summed E-state index contributed by atoms with van der Waals surface area (Å²) in [6.45, 7) is 9.36. The Balaban J connectivity index is 2.08. The van der Waals surface area contributed by atoms with E-state index < -0.39 is 6.09 Å². The van der Waals surface area contributed by atoms with Gasteiger partial charge in [0.15, 0.2) is 0 Å². The van der Waals surface area contributed by atoms with Gasteiger partial charge in [0.25, 0.3) is 0 Å². The van der Waals surface area contributed by atoms with E-state index in [1.807, 2.05) is 36.2 Å². The summed E-state index contributed by atoms with van der Waals surface area (Å²) in [6.07, 6.45) is 3.07. The van der Waals surface area contributed by atoms with Gasteiger partial charge in [-0.25, -0.2) is 9.59 Å².